The molecule has 0 aliphatic carbocycles. The summed E-state index contributed by atoms with van der Waals surface area (Å²) in [6.45, 7) is 3.10. The first-order valence-corrected chi connectivity index (χ1v) is 9.01. The largest absolute Gasteiger partial charge is 0.495 e. The molecular weight excluding hydrogens is 369 g/mol. The fraction of sp³-hybridized carbons (Fsp3) is 0.200. The van der Waals surface area contributed by atoms with Crippen molar-refractivity contribution < 1.29 is 23.5 Å². The van der Waals surface area contributed by atoms with Crippen molar-refractivity contribution in [3.63, 3.8) is 0 Å². The van der Waals surface area contributed by atoms with Crippen molar-refractivity contribution >= 4 is 39.0 Å². The van der Waals surface area contributed by atoms with Gasteiger partial charge in [0.2, 0.25) is 0 Å². The summed E-state index contributed by atoms with van der Waals surface area (Å²) in [5, 5.41) is 3.07. The second-order valence-corrected chi connectivity index (χ2v) is 7.05. The Labute approximate surface area is 159 Å². The number of hydrogen-bond acceptors (Lipinski definition) is 5. The van der Waals surface area contributed by atoms with Crippen molar-refractivity contribution in [3.05, 3.63) is 58.2 Å². The number of halogens is 1. The first-order chi connectivity index (χ1) is 12.9. The van der Waals surface area contributed by atoms with Crippen LogP contribution in [-0.4, -0.2) is 25.6 Å². The molecule has 0 aliphatic heterocycles. The van der Waals surface area contributed by atoms with E-state index in [0.717, 1.165) is 16.9 Å². The lowest BCUT2D eigenvalue weighted by atomic mass is 10.1. The van der Waals surface area contributed by atoms with Crippen molar-refractivity contribution in [3.8, 4) is 5.75 Å². The lowest BCUT2D eigenvalue weighted by Crippen LogP contribution is -2.21. The number of nitrogens with one attached hydrogen (secondary N) is 1. The normalized spacial score (nSPS) is 10.7. The van der Waals surface area contributed by atoms with Crippen LogP contribution in [0.5, 0.6) is 5.75 Å². The monoisotopic (exact) mass is 387 g/mol. The van der Waals surface area contributed by atoms with E-state index >= 15 is 0 Å². The summed E-state index contributed by atoms with van der Waals surface area (Å²) in [6, 6.07) is 10.0. The third-order valence-electron chi connectivity index (χ3n) is 4.05. The molecule has 7 heteroatoms. The molecule has 3 aromatic rings. The minimum atomic E-state index is -0.653. The van der Waals surface area contributed by atoms with E-state index in [9.17, 15) is 14.0 Å². The number of ether oxygens (including phenoxy) is 2. The van der Waals surface area contributed by atoms with Crippen LogP contribution in [0.2, 0.25) is 0 Å². The molecule has 0 radical (unpaired) electrons. The summed E-state index contributed by atoms with van der Waals surface area (Å²) in [7, 11) is 1.50. The van der Waals surface area contributed by atoms with Crippen LogP contribution in [0.1, 0.15) is 20.8 Å². The summed E-state index contributed by atoms with van der Waals surface area (Å²) in [5.41, 5.74) is 1.96. The highest BCUT2D eigenvalue weighted by atomic mass is 32.1. The number of anilines is 1. The van der Waals surface area contributed by atoms with Gasteiger partial charge in [0.15, 0.2) is 6.61 Å². The maximum atomic E-state index is 14.0. The van der Waals surface area contributed by atoms with Crippen molar-refractivity contribution in [2.75, 3.05) is 19.0 Å². The minimum absolute atomic E-state index is 0.288. The van der Waals surface area contributed by atoms with E-state index < -0.39 is 18.5 Å². The topological polar surface area (TPSA) is 64.6 Å². The van der Waals surface area contributed by atoms with E-state index in [1.807, 2.05) is 13.0 Å². The van der Waals surface area contributed by atoms with E-state index in [-0.39, 0.29) is 10.7 Å². The highest BCUT2D eigenvalue weighted by Gasteiger charge is 2.20. The van der Waals surface area contributed by atoms with Gasteiger partial charge in [0, 0.05) is 10.1 Å². The zero-order chi connectivity index (χ0) is 19.6. The van der Waals surface area contributed by atoms with Crippen molar-refractivity contribution in [1.29, 1.82) is 0 Å². The zero-order valence-corrected chi connectivity index (χ0v) is 15.9. The van der Waals surface area contributed by atoms with Crippen molar-refractivity contribution in [2.45, 2.75) is 13.8 Å². The van der Waals surface area contributed by atoms with Crippen LogP contribution in [0.3, 0.4) is 0 Å². The van der Waals surface area contributed by atoms with Crippen LogP contribution in [0.4, 0.5) is 10.1 Å². The first-order valence-electron chi connectivity index (χ1n) is 8.20. The number of methoxy groups -OCH3 is 1. The second kappa shape index (κ2) is 7.75. The van der Waals surface area contributed by atoms with Gasteiger partial charge in [-0.15, -0.1) is 11.3 Å². The highest BCUT2D eigenvalue weighted by Crippen LogP contribution is 2.33. The Kier molecular flexibility index (Phi) is 5.41. The predicted molar refractivity (Wildman–Crippen MR) is 103 cm³/mol. The molecule has 0 saturated carbocycles. The van der Waals surface area contributed by atoms with Gasteiger partial charge in [-0.3, -0.25) is 4.79 Å². The molecule has 1 aromatic heterocycles. The van der Waals surface area contributed by atoms with E-state index in [0.29, 0.717) is 27.1 Å². The highest BCUT2D eigenvalue weighted by molar-refractivity contribution is 7.21. The quantitative estimate of drug-likeness (QED) is 0.657. The van der Waals surface area contributed by atoms with Gasteiger partial charge in [-0.2, -0.15) is 0 Å². The molecular formula is C20H18FNO4S. The van der Waals surface area contributed by atoms with Gasteiger partial charge >= 0.3 is 5.97 Å². The molecule has 2 aromatic carbocycles. The Hall–Kier alpha value is -2.93. The van der Waals surface area contributed by atoms with E-state index in [1.54, 1.807) is 31.2 Å². The summed E-state index contributed by atoms with van der Waals surface area (Å²) < 4.78 is 24.9. The van der Waals surface area contributed by atoms with Gasteiger partial charge < -0.3 is 14.8 Å². The average molecular weight is 387 g/mol. The van der Waals surface area contributed by atoms with Gasteiger partial charge in [-0.05, 0) is 49.2 Å². The summed E-state index contributed by atoms with van der Waals surface area (Å²) in [4.78, 5) is 24.8. The van der Waals surface area contributed by atoms with Crippen LogP contribution in [0.25, 0.3) is 10.1 Å². The molecule has 1 amide bonds. The molecule has 27 heavy (non-hydrogen) atoms. The molecule has 0 atom stereocenters. The van der Waals surface area contributed by atoms with E-state index in [2.05, 4.69) is 5.32 Å². The van der Waals surface area contributed by atoms with Gasteiger partial charge in [-0.25, -0.2) is 9.18 Å². The third-order valence-corrected chi connectivity index (χ3v) is 5.29. The molecule has 0 aliphatic rings. The SMILES string of the molecule is COc1ccc(C)cc1NC(=O)COC(=O)c1sc2cccc(F)c2c1C. The van der Waals surface area contributed by atoms with Crippen molar-refractivity contribution in [1.82, 2.24) is 0 Å². The number of amides is 1. The Morgan fingerprint density at radius 2 is 1.96 bits per heavy atom. The number of carbonyl (C=O) groups excluding carboxylic acids is 2. The fourth-order valence-electron chi connectivity index (χ4n) is 2.75. The lowest BCUT2D eigenvalue weighted by molar-refractivity contribution is -0.119. The predicted octanol–water partition coefficient (Wildman–Crippen LogP) is 4.46. The number of benzene rings is 2. The Balaban J connectivity index is 1.69. The molecule has 5 nitrogen and oxygen atoms in total. The molecule has 0 bridgehead atoms. The second-order valence-electron chi connectivity index (χ2n) is 6.00. The molecule has 0 saturated heterocycles. The van der Waals surface area contributed by atoms with E-state index in [1.165, 1.54) is 13.2 Å². The molecule has 1 N–H and O–H groups in total. The molecule has 0 spiro atoms. The number of rotatable bonds is 5. The van der Waals surface area contributed by atoms with Crippen LogP contribution in [-0.2, 0) is 9.53 Å². The molecule has 140 valence electrons. The maximum absolute atomic E-state index is 14.0. The molecule has 1 heterocycles. The number of aryl methyl sites for hydroxylation is 2. The Bertz CT molecular complexity index is 1030. The molecule has 0 unspecified atom stereocenters. The zero-order valence-electron chi connectivity index (χ0n) is 15.1. The number of carbonyl (C=O) groups is 2. The van der Waals surface area contributed by atoms with Crippen LogP contribution < -0.4 is 10.1 Å². The number of thiophene rings is 1. The van der Waals surface area contributed by atoms with Gasteiger partial charge in [0.05, 0.1) is 12.8 Å². The summed E-state index contributed by atoms with van der Waals surface area (Å²) in [6.07, 6.45) is 0. The molecule has 3 rings (SSSR count). The van der Waals surface area contributed by atoms with Gasteiger partial charge in [-0.1, -0.05) is 12.1 Å². The standard InChI is InChI=1S/C20H18FNO4S/c1-11-7-8-15(25-3)14(9-11)22-17(23)10-26-20(24)19-12(2)18-13(21)5-4-6-16(18)27-19/h4-9H,10H2,1-3H3,(H,22,23). The average Bonchev–Trinajstić information content (AvgIpc) is 2.98. The summed E-state index contributed by atoms with van der Waals surface area (Å²) in [5.74, 6) is -1.02. The van der Waals surface area contributed by atoms with Crippen molar-refractivity contribution in [2.24, 2.45) is 0 Å². The first kappa shape index (κ1) is 18.8. The van der Waals surface area contributed by atoms with Crippen LogP contribution in [0.15, 0.2) is 36.4 Å². The Morgan fingerprint density at radius 1 is 1.19 bits per heavy atom. The lowest BCUT2D eigenvalue weighted by Gasteiger charge is -2.11. The smallest absolute Gasteiger partial charge is 0.349 e. The van der Waals surface area contributed by atoms with Crippen LogP contribution >= 0.6 is 11.3 Å². The van der Waals surface area contributed by atoms with Gasteiger partial charge in [0.25, 0.3) is 5.91 Å². The summed E-state index contributed by atoms with van der Waals surface area (Å²) >= 11 is 1.14. The number of fused-ring (bicyclic) bond motifs is 1. The Morgan fingerprint density at radius 3 is 2.67 bits per heavy atom. The fourth-order valence-corrected chi connectivity index (χ4v) is 3.87. The minimum Gasteiger partial charge on any atom is -0.495 e. The van der Waals surface area contributed by atoms with Crippen LogP contribution in [0, 0.1) is 19.7 Å². The third kappa shape index (κ3) is 3.93. The van der Waals surface area contributed by atoms with Gasteiger partial charge in [0.1, 0.15) is 16.4 Å². The molecule has 0 fully saturated rings. The van der Waals surface area contributed by atoms with E-state index in [4.69, 9.17) is 9.47 Å². The number of esters is 1. The number of hydrogen-bond donors (Lipinski definition) is 1. The maximum Gasteiger partial charge on any atom is 0.349 e.